The molecule has 7 aromatic heterocycles. The van der Waals surface area contributed by atoms with Crippen LogP contribution in [0.25, 0.3) is 100 Å². The van der Waals surface area contributed by atoms with Gasteiger partial charge in [0.1, 0.15) is 34.3 Å². The molecule has 3 aliphatic rings. The molecule has 2 aliphatic heterocycles. The van der Waals surface area contributed by atoms with E-state index < -0.39 is 31.9 Å². The van der Waals surface area contributed by atoms with Gasteiger partial charge in [-0.3, -0.25) is 18.2 Å². The average Bonchev–Trinajstić information content (AvgIpc) is 1.90. The summed E-state index contributed by atoms with van der Waals surface area (Å²) in [5.74, 6) is -1.05. The van der Waals surface area contributed by atoms with Gasteiger partial charge in [0.15, 0.2) is 0 Å². The third-order valence-corrected chi connectivity index (χ3v) is 18.5. The summed E-state index contributed by atoms with van der Waals surface area (Å²) in [4.78, 5) is 39.9. The molecule has 1 aliphatic carbocycles. The standard InChI is InChI=1S/C32H25F2N5O4S.C30H27FN4O4S/c1-35-32(40)29-21-13-20(25(38(2)44(3,41)42)15-27(21)43-31(29)18-8-10-28(34)36-16-18)23-9-7-17-11-12-39-24-6-4-5-22(33)19(24)14-26(39)30(17)37-23;1-32-30(36)27-20-13-19(24(34(2)40(3,37)38)15-26(20)39-29(27)17-7-8-17)22-10-9-16-11-12-35-23-6-4-5-21(31)18(23)14-25(35)28(16)33-22/h4-10,13-16H,11-12H2,1-3H3,(H,35,40);4-6,9-10,13-15,17H,7-8,11-12H2,1-3H3,(H,32,36). The minimum absolute atomic E-state index is 0.155. The Kier molecular flexibility index (Phi) is 12.8. The number of anilines is 2. The molecule has 1 saturated carbocycles. The maximum Gasteiger partial charge on any atom is 0.255 e. The monoisotopic (exact) mass is 1170 g/mol. The van der Waals surface area contributed by atoms with Gasteiger partial charge in [-0.15, -0.1) is 0 Å². The number of amides is 2. The fraction of sp³-hybridized carbons (Fsp3) is 0.210. The van der Waals surface area contributed by atoms with Crippen molar-refractivity contribution in [2.75, 3.05) is 49.3 Å². The van der Waals surface area contributed by atoms with Crippen LogP contribution in [0, 0.1) is 17.6 Å². The van der Waals surface area contributed by atoms with Crippen molar-refractivity contribution in [1.29, 1.82) is 0 Å². The van der Waals surface area contributed by atoms with E-state index in [1.807, 2.05) is 47.0 Å². The Bertz CT molecular complexity index is 4850. The molecule has 4 aromatic carbocycles. The number of aromatic nitrogens is 5. The van der Waals surface area contributed by atoms with Crippen LogP contribution in [-0.2, 0) is 46.0 Å². The zero-order valence-corrected chi connectivity index (χ0v) is 47.8. The van der Waals surface area contributed by atoms with E-state index in [-0.39, 0.29) is 46.1 Å². The number of pyridine rings is 3. The van der Waals surface area contributed by atoms with Gasteiger partial charge in [-0.25, -0.2) is 40.6 Å². The normalized spacial score (nSPS) is 13.7. The van der Waals surface area contributed by atoms with E-state index in [0.29, 0.717) is 97.4 Å². The molecule has 17 nitrogen and oxygen atoms in total. The first kappa shape index (κ1) is 54.0. The van der Waals surface area contributed by atoms with E-state index >= 15 is 0 Å². The van der Waals surface area contributed by atoms with E-state index in [0.717, 1.165) is 81.4 Å². The molecule has 11 aromatic rings. The third kappa shape index (κ3) is 9.01. The molecule has 84 heavy (non-hydrogen) atoms. The molecule has 0 radical (unpaired) electrons. The van der Waals surface area contributed by atoms with Crippen molar-refractivity contribution in [2.24, 2.45) is 0 Å². The smallest absolute Gasteiger partial charge is 0.255 e. The number of nitrogens with zero attached hydrogens (tertiary/aromatic N) is 7. The van der Waals surface area contributed by atoms with Crippen LogP contribution in [0.4, 0.5) is 24.5 Å². The minimum Gasteiger partial charge on any atom is -0.460 e. The minimum atomic E-state index is -3.74. The number of carbonyl (C=O) groups is 2. The Balaban J connectivity index is 0.000000157. The average molecular weight is 1170 g/mol. The van der Waals surface area contributed by atoms with Gasteiger partial charge < -0.3 is 28.6 Å². The molecular weight excluding hydrogens is 1120 g/mol. The maximum atomic E-state index is 14.7. The predicted octanol–water partition coefficient (Wildman–Crippen LogP) is 11.2. The van der Waals surface area contributed by atoms with Crippen molar-refractivity contribution < 1.29 is 48.4 Å². The number of nitrogens with one attached hydrogen (secondary N) is 2. The number of hydrogen-bond acceptors (Lipinski definition) is 11. The van der Waals surface area contributed by atoms with Crippen molar-refractivity contribution in [3.63, 3.8) is 0 Å². The van der Waals surface area contributed by atoms with Gasteiger partial charge in [0.2, 0.25) is 26.0 Å². The fourth-order valence-electron chi connectivity index (χ4n) is 11.6. The zero-order valence-electron chi connectivity index (χ0n) is 46.1. The Hall–Kier alpha value is -9.28. The van der Waals surface area contributed by atoms with Gasteiger partial charge in [0, 0.05) is 104 Å². The number of hydrogen-bond donors (Lipinski definition) is 2. The molecule has 1 fully saturated rings. The number of halogens is 3. The summed E-state index contributed by atoms with van der Waals surface area (Å²) in [6.45, 7) is 1.37. The Morgan fingerprint density at radius 2 is 1.10 bits per heavy atom. The maximum absolute atomic E-state index is 14.7. The highest BCUT2D eigenvalue weighted by Crippen LogP contribution is 2.48. The molecule has 0 atom stereocenters. The summed E-state index contributed by atoms with van der Waals surface area (Å²) in [5.41, 5.74) is 10.9. The lowest BCUT2D eigenvalue weighted by Gasteiger charge is -2.23. The number of fused-ring (bicyclic) bond motifs is 12. The fourth-order valence-corrected chi connectivity index (χ4v) is 12.6. The number of sulfonamides is 2. The van der Waals surface area contributed by atoms with E-state index in [1.54, 1.807) is 49.5 Å². The van der Waals surface area contributed by atoms with Crippen molar-refractivity contribution >= 4 is 87.0 Å². The molecule has 426 valence electrons. The molecule has 14 rings (SSSR count). The Morgan fingerprint density at radius 1 is 0.607 bits per heavy atom. The van der Waals surface area contributed by atoms with Crippen LogP contribution >= 0.6 is 0 Å². The zero-order chi connectivity index (χ0) is 58.8. The number of benzene rings is 4. The molecule has 9 heterocycles. The molecule has 0 spiro atoms. The van der Waals surface area contributed by atoms with Gasteiger partial charge in [-0.05, 0) is 110 Å². The molecule has 0 saturated heterocycles. The first-order valence-corrected chi connectivity index (χ1v) is 30.6. The highest BCUT2D eigenvalue weighted by molar-refractivity contribution is 7.92. The summed E-state index contributed by atoms with van der Waals surface area (Å²) in [6.07, 6.45) is 6.78. The molecule has 0 bridgehead atoms. The highest BCUT2D eigenvalue weighted by atomic mass is 32.2. The first-order chi connectivity index (χ1) is 40.2. The van der Waals surface area contributed by atoms with E-state index in [1.165, 1.54) is 49.8 Å². The first-order valence-electron chi connectivity index (χ1n) is 26.9. The lowest BCUT2D eigenvalue weighted by Crippen LogP contribution is -2.25. The second-order valence-corrected chi connectivity index (χ2v) is 25.3. The topological polar surface area (TPSA) is 208 Å². The van der Waals surface area contributed by atoms with E-state index in [9.17, 15) is 39.6 Å². The quantitative estimate of drug-likeness (QED) is 0.123. The summed E-state index contributed by atoms with van der Waals surface area (Å²) < 4.78 is 113. The van der Waals surface area contributed by atoms with Crippen LogP contribution in [0.2, 0.25) is 0 Å². The lowest BCUT2D eigenvalue weighted by molar-refractivity contribution is 0.0955. The highest BCUT2D eigenvalue weighted by Gasteiger charge is 2.35. The van der Waals surface area contributed by atoms with Gasteiger partial charge in [0.05, 0.1) is 80.2 Å². The van der Waals surface area contributed by atoms with E-state index in [4.69, 9.17) is 18.8 Å². The van der Waals surface area contributed by atoms with Gasteiger partial charge in [-0.2, -0.15) is 4.39 Å². The molecule has 0 unspecified atom stereocenters. The Labute approximate surface area is 479 Å². The van der Waals surface area contributed by atoms with Gasteiger partial charge in [0.25, 0.3) is 11.8 Å². The van der Waals surface area contributed by atoms with Crippen molar-refractivity contribution in [3.8, 4) is 56.6 Å². The second-order valence-electron chi connectivity index (χ2n) is 21.3. The molecule has 2 N–H and O–H groups in total. The van der Waals surface area contributed by atoms with Crippen LogP contribution in [0.5, 0.6) is 0 Å². The lowest BCUT2D eigenvalue weighted by atomic mass is 9.99. The third-order valence-electron chi connectivity index (χ3n) is 16.1. The van der Waals surface area contributed by atoms with Crippen molar-refractivity contribution in [3.05, 3.63) is 161 Å². The van der Waals surface area contributed by atoms with Gasteiger partial charge >= 0.3 is 0 Å². The number of aryl methyl sites for hydroxylation is 4. The van der Waals surface area contributed by atoms with Crippen molar-refractivity contribution in [2.45, 2.75) is 44.7 Å². The van der Waals surface area contributed by atoms with Crippen LogP contribution in [0.15, 0.2) is 124 Å². The van der Waals surface area contributed by atoms with Crippen molar-refractivity contribution in [1.82, 2.24) is 34.7 Å². The van der Waals surface area contributed by atoms with E-state index in [2.05, 4.69) is 20.2 Å². The second kappa shape index (κ2) is 20.0. The Morgan fingerprint density at radius 3 is 1.56 bits per heavy atom. The van der Waals surface area contributed by atoms with Crippen LogP contribution in [0.3, 0.4) is 0 Å². The predicted molar refractivity (Wildman–Crippen MR) is 317 cm³/mol. The van der Waals surface area contributed by atoms with Crippen LogP contribution < -0.4 is 19.2 Å². The number of furan rings is 2. The SMILES string of the molecule is CNC(=O)c1c(-c2ccc(F)nc2)oc2cc(N(C)S(C)(=O)=O)c(-c3ccc4c(n3)-c3cc5c(F)cccc5n3CC4)cc12.CNC(=O)c1c(C2CC2)oc2cc(N(C)S(C)(=O)=O)c(-c3ccc4c(n3)-c3cc5c(F)cccc5n3CC4)cc12. The summed E-state index contributed by atoms with van der Waals surface area (Å²) in [5, 5.41) is 7.39. The molecule has 22 heteroatoms. The summed E-state index contributed by atoms with van der Waals surface area (Å²) >= 11 is 0. The van der Waals surface area contributed by atoms with Crippen LogP contribution in [0.1, 0.15) is 56.4 Å². The number of rotatable bonds is 10. The molecule has 2 amide bonds. The largest absolute Gasteiger partial charge is 0.460 e. The molecular formula is C62H52F3N9O8S2. The summed E-state index contributed by atoms with van der Waals surface area (Å²) in [7, 11) is -1.40. The summed E-state index contributed by atoms with van der Waals surface area (Å²) in [6, 6.07) is 30.6. The van der Waals surface area contributed by atoms with Crippen LogP contribution in [-0.4, -0.2) is 93.4 Å². The van der Waals surface area contributed by atoms with Gasteiger partial charge in [-0.1, -0.05) is 24.3 Å². The number of carbonyl (C=O) groups excluding carboxylic acids is 2.